The van der Waals surface area contributed by atoms with E-state index in [1.165, 1.54) is 225 Å². The van der Waals surface area contributed by atoms with Crippen LogP contribution in [0.2, 0.25) is 0 Å². The minimum Gasteiger partial charge on any atom is -0.324 e. The molecular weight excluding hydrogens is 681 g/mol. The van der Waals surface area contributed by atoms with E-state index >= 15 is 0 Å². The summed E-state index contributed by atoms with van der Waals surface area (Å²) in [6.07, 6.45) is 22.0. The average Bonchev–Trinajstić information content (AvgIpc) is 4.10. The Morgan fingerprint density at radius 2 is 0.536 bits per heavy atom. The SMILES string of the molecule is CC.CC.CC[N+]1(CCCc2cccc(CCC[N+]3(CC)CCCC3)c2)CCCC1.CC[N+]1(CCCc2cccc(CCC[N+]3(CC)CCCC3)c2)CCCC1. The molecule has 4 aliphatic rings. The third-order valence-electron chi connectivity index (χ3n) is 15.1. The van der Waals surface area contributed by atoms with Gasteiger partial charge in [0, 0.05) is 77.0 Å². The van der Waals surface area contributed by atoms with Crippen molar-refractivity contribution in [1.29, 1.82) is 0 Å². The molecule has 320 valence electrons. The van der Waals surface area contributed by atoms with Crippen LogP contribution >= 0.6 is 0 Å². The van der Waals surface area contributed by atoms with Crippen LogP contribution in [0, 0.1) is 0 Å². The normalized spacial score (nSPS) is 20.0. The maximum Gasteiger partial charge on any atom is 0.0789 e. The molecule has 0 saturated carbocycles. The number of rotatable bonds is 20. The van der Waals surface area contributed by atoms with E-state index in [0.29, 0.717) is 0 Å². The standard InChI is InChI=1S/2C24H42N2.2C2H6/c2*1-3-25(16-5-6-17-25)20-10-14-23-12-9-13-24(22-23)15-11-21-26(4-2)18-7-8-19-26;2*1-2/h2*9,12-13,22H,3-8,10-11,14-21H2,1-2H3;2*1-2H3/q2*+2;;. The number of aryl methyl sites for hydroxylation is 4. The molecule has 2 aromatic rings. The summed E-state index contributed by atoms with van der Waals surface area (Å²) in [6, 6.07) is 19.0. The Morgan fingerprint density at radius 1 is 0.339 bits per heavy atom. The van der Waals surface area contributed by atoms with Crippen molar-refractivity contribution in [3.63, 3.8) is 0 Å². The van der Waals surface area contributed by atoms with Crippen LogP contribution < -0.4 is 0 Å². The lowest BCUT2D eigenvalue weighted by Crippen LogP contribution is -2.45. The first-order chi connectivity index (χ1) is 27.4. The van der Waals surface area contributed by atoms with Crippen LogP contribution in [0.15, 0.2) is 48.5 Å². The Morgan fingerprint density at radius 3 is 0.714 bits per heavy atom. The summed E-state index contributed by atoms with van der Waals surface area (Å²) in [7, 11) is 0. The number of hydrogen-bond acceptors (Lipinski definition) is 0. The van der Waals surface area contributed by atoms with Gasteiger partial charge in [-0.1, -0.05) is 76.2 Å². The average molecular weight is 777 g/mol. The summed E-state index contributed by atoms with van der Waals surface area (Å²) >= 11 is 0. The van der Waals surface area contributed by atoms with Gasteiger partial charge >= 0.3 is 0 Å². The van der Waals surface area contributed by atoms with E-state index in [4.69, 9.17) is 0 Å². The molecule has 4 fully saturated rings. The lowest BCUT2D eigenvalue weighted by Gasteiger charge is -2.33. The number of nitrogens with zero attached hydrogens (tertiary/aromatic N) is 4. The van der Waals surface area contributed by atoms with Gasteiger partial charge in [0.2, 0.25) is 0 Å². The molecule has 0 aliphatic carbocycles. The topological polar surface area (TPSA) is 0 Å². The molecule has 0 amide bonds. The molecule has 6 rings (SSSR count). The van der Waals surface area contributed by atoms with Crippen molar-refractivity contribution in [2.24, 2.45) is 0 Å². The van der Waals surface area contributed by atoms with E-state index in [9.17, 15) is 0 Å². The second-order valence-electron chi connectivity index (χ2n) is 18.2. The fourth-order valence-corrected chi connectivity index (χ4v) is 11.2. The monoisotopic (exact) mass is 777 g/mol. The van der Waals surface area contributed by atoms with E-state index in [1.807, 2.05) is 27.7 Å². The molecule has 4 aliphatic heterocycles. The Bertz CT molecular complexity index is 1090. The Kier molecular flexibility index (Phi) is 22.9. The zero-order chi connectivity index (χ0) is 40.6. The highest BCUT2D eigenvalue weighted by Gasteiger charge is 2.32. The van der Waals surface area contributed by atoms with Crippen molar-refractivity contribution in [3.8, 4) is 0 Å². The van der Waals surface area contributed by atoms with Crippen LogP contribution in [0.4, 0.5) is 0 Å². The molecule has 0 bridgehead atoms. The summed E-state index contributed by atoms with van der Waals surface area (Å²) in [4.78, 5) is 0. The highest BCUT2D eigenvalue weighted by atomic mass is 15.4. The van der Waals surface area contributed by atoms with E-state index < -0.39 is 0 Å². The third-order valence-corrected chi connectivity index (χ3v) is 15.1. The van der Waals surface area contributed by atoms with E-state index in [0.717, 1.165) is 0 Å². The fraction of sp³-hybridized carbons (Fsp3) is 0.769. The summed E-state index contributed by atoms with van der Waals surface area (Å²) in [6.45, 7) is 39.8. The Balaban J connectivity index is 0.000000276. The van der Waals surface area contributed by atoms with E-state index in [1.54, 1.807) is 22.3 Å². The highest BCUT2D eigenvalue weighted by molar-refractivity contribution is 5.24. The van der Waals surface area contributed by atoms with Crippen molar-refractivity contribution < 1.29 is 17.9 Å². The summed E-state index contributed by atoms with van der Waals surface area (Å²) in [5.74, 6) is 0. The molecule has 0 unspecified atom stereocenters. The molecule has 0 atom stereocenters. The number of benzene rings is 2. The van der Waals surface area contributed by atoms with E-state index in [-0.39, 0.29) is 0 Å². The smallest absolute Gasteiger partial charge is 0.0789 e. The molecule has 4 heteroatoms. The summed E-state index contributed by atoms with van der Waals surface area (Å²) in [5, 5.41) is 0. The molecule has 4 nitrogen and oxygen atoms in total. The van der Waals surface area contributed by atoms with Crippen molar-refractivity contribution in [2.75, 3.05) is 105 Å². The lowest BCUT2D eigenvalue weighted by atomic mass is 10.0. The van der Waals surface area contributed by atoms with Crippen LogP contribution in [0.25, 0.3) is 0 Å². The predicted octanol–water partition coefficient (Wildman–Crippen LogP) is 11.7. The van der Waals surface area contributed by atoms with Gasteiger partial charge in [0.25, 0.3) is 0 Å². The van der Waals surface area contributed by atoms with Crippen LogP contribution in [-0.2, 0) is 25.7 Å². The van der Waals surface area contributed by atoms with Gasteiger partial charge in [0.05, 0.1) is 105 Å². The maximum absolute atomic E-state index is 2.50. The van der Waals surface area contributed by atoms with Crippen molar-refractivity contribution in [1.82, 2.24) is 0 Å². The van der Waals surface area contributed by atoms with Gasteiger partial charge in [0.15, 0.2) is 0 Å². The molecule has 2 aromatic carbocycles. The number of quaternary nitrogens is 4. The summed E-state index contributed by atoms with van der Waals surface area (Å²) < 4.78 is 5.54. The van der Waals surface area contributed by atoms with Crippen molar-refractivity contribution in [2.45, 2.75) is 158 Å². The van der Waals surface area contributed by atoms with E-state index in [2.05, 4.69) is 76.2 Å². The van der Waals surface area contributed by atoms with Crippen molar-refractivity contribution >= 4 is 0 Å². The van der Waals surface area contributed by atoms with Gasteiger partial charge < -0.3 is 17.9 Å². The van der Waals surface area contributed by atoms with Gasteiger partial charge in [-0.15, -0.1) is 0 Å². The minimum atomic E-state index is 1.27. The second kappa shape index (κ2) is 26.4. The fourth-order valence-electron chi connectivity index (χ4n) is 11.2. The van der Waals surface area contributed by atoms with Crippen molar-refractivity contribution in [3.05, 3.63) is 70.8 Å². The first-order valence-electron chi connectivity index (χ1n) is 24.9. The molecule has 0 spiro atoms. The maximum atomic E-state index is 2.50. The first-order valence-corrected chi connectivity index (χ1v) is 24.9. The number of hydrogen-bond donors (Lipinski definition) is 0. The van der Waals surface area contributed by atoms with Crippen LogP contribution in [-0.4, -0.2) is 123 Å². The zero-order valence-corrected chi connectivity index (χ0v) is 39.0. The third kappa shape index (κ3) is 15.5. The van der Waals surface area contributed by atoms with Crippen LogP contribution in [0.1, 0.15) is 155 Å². The first kappa shape index (κ1) is 48.6. The quantitative estimate of drug-likeness (QED) is 0.118. The molecule has 0 radical (unpaired) electrons. The van der Waals surface area contributed by atoms with Gasteiger partial charge in [-0.05, 0) is 75.6 Å². The highest BCUT2D eigenvalue weighted by Crippen LogP contribution is 2.24. The predicted molar refractivity (Wildman–Crippen MR) is 247 cm³/mol. The molecule has 0 aromatic heterocycles. The minimum absolute atomic E-state index is 1.27. The molecule has 56 heavy (non-hydrogen) atoms. The van der Waals surface area contributed by atoms with Crippen LogP contribution in [0.3, 0.4) is 0 Å². The second-order valence-corrected chi connectivity index (χ2v) is 18.2. The lowest BCUT2D eigenvalue weighted by molar-refractivity contribution is -0.915. The molecular formula is C52H96N4+4. The van der Waals surface area contributed by atoms with Crippen LogP contribution in [0.5, 0.6) is 0 Å². The summed E-state index contributed by atoms with van der Waals surface area (Å²) in [5.41, 5.74) is 6.26. The molecule has 4 heterocycles. The molecule has 0 N–H and O–H groups in total. The number of likely N-dealkylation sites (tertiary alicyclic amines) is 4. The van der Waals surface area contributed by atoms with Gasteiger partial charge in [0.1, 0.15) is 0 Å². The largest absolute Gasteiger partial charge is 0.324 e. The molecule has 4 saturated heterocycles. The van der Waals surface area contributed by atoms with Gasteiger partial charge in [-0.3, -0.25) is 0 Å². The Labute approximate surface area is 350 Å². The van der Waals surface area contributed by atoms with Gasteiger partial charge in [-0.2, -0.15) is 0 Å². The Hall–Kier alpha value is -1.72. The van der Waals surface area contributed by atoms with Gasteiger partial charge in [-0.25, -0.2) is 0 Å². The zero-order valence-electron chi connectivity index (χ0n) is 39.0.